The molecule has 3 aliphatic rings. The van der Waals surface area contributed by atoms with Gasteiger partial charge in [0.1, 0.15) is 0 Å². The van der Waals surface area contributed by atoms with Crippen LogP contribution >= 0.6 is 11.6 Å². The highest BCUT2D eigenvalue weighted by Crippen LogP contribution is 2.37. The van der Waals surface area contributed by atoms with Crippen LogP contribution in [0.4, 0.5) is 24.5 Å². The minimum Gasteiger partial charge on any atom is -0.477 e. The van der Waals surface area contributed by atoms with E-state index in [1.54, 1.807) is 22.9 Å². The number of pyridine rings is 1. The molecular formula is C38H44ClF3N11O5+. The lowest BCUT2D eigenvalue weighted by molar-refractivity contribution is -0.929. The zero-order valence-corrected chi connectivity index (χ0v) is 32.7. The van der Waals surface area contributed by atoms with E-state index in [-0.39, 0.29) is 63.5 Å². The van der Waals surface area contributed by atoms with Gasteiger partial charge in [-0.25, -0.2) is 19.4 Å². The van der Waals surface area contributed by atoms with Gasteiger partial charge in [0, 0.05) is 108 Å². The summed E-state index contributed by atoms with van der Waals surface area (Å²) < 4.78 is 45.2. The standard InChI is InChI=1S/C38H43ClF3N11O5/c1-43-25-5-8-45-31(16-25)52-20-28(33(48-52)38(40,41)42)30-19-46-34(49(30)2)35(56)47-26-3-4-27(29(39)15-26)37(58)51-11-9-50(10-12-51)36(57)24-6-13-53(14-7-24,22-32(54)55)21-23-17-44-18-23/h3-5,8,15-16,19-20,23-24,44H,6-7,9-14,17-18,21-22H2,1-2H3,(H2-,43,45,47,54,55,56,58)/p+1. The molecule has 4 aromatic rings. The molecule has 3 saturated heterocycles. The van der Waals surface area contributed by atoms with Crippen molar-refractivity contribution in [2.75, 3.05) is 83.1 Å². The summed E-state index contributed by atoms with van der Waals surface area (Å²) in [5.41, 5.74) is -0.446. The van der Waals surface area contributed by atoms with E-state index in [4.69, 9.17) is 11.6 Å². The third-order valence-corrected chi connectivity index (χ3v) is 11.6. The molecule has 7 rings (SSSR count). The number of carbonyl (C=O) groups is 4. The lowest BCUT2D eigenvalue weighted by atomic mass is 9.90. The predicted molar refractivity (Wildman–Crippen MR) is 206 cm³/mol. The number of carbonyl (C=O) groups excluding carboxylic acids is 3. The fourth-order valence-electron chi connectivity index (χ4n) is 8.05. The van der Waals surface area contributed by atoms with E-state index in [1.165, 1.54) is 48.3 Å². The fourth-order valence-corrected chi connectivity index (χ4v) is 8.31. The van der Waals surface area contributed by atoms with Crippen LogP contribution < -0.4 is 16.0 Å². The van der Waals surface area contributed by atoms with Crippen molar-refractivity contribution in [1.82, 2.24) is 39.4 Å². The second-order valence-corrected chi connectivity index (χ2v) is 15.5. The SMILES string of the molecule is CNc1ccnc(-n2cc(-c3cnc(C(=O)Nc4ccc(C(=O)N5CCN(C(=O)C6CC[N+](CC(=O)O)(CC7CNC7)CC6)CC5)c(Cl)c4)n3C)c(C(F)(F)F)n2)c1. The highest BCUT2D eigenvalue weighted by molar-refractivity contribution is 6.34. The van der Waals surface area contributed by atoms with Gasteiger partial charge in [0.25, 0.3) is 11.8 Å². The van der Waals surface area contributed by atoms with Gasteiger partial charge in [-0.1, -0.05) is 11.6 Å². The molecule has 0 bridgehead atoms. The van der Waals surface area contributed by atoms with Gasteiger partial charge in [-0.3, -0.25) is 14.4 Å². The van der Waals surface area contributed by atoms with Crippen LogP contribution in [0.25, 0.3) is 17.1 Å². The largest absolute Gasteiger partial charge is 0.477 e. The molecule has 6 heterocycles. The van der Waals surface area contributed by atoms with Crippen LogP contribution in [0.1, 0.15) is 39.5 Å². The highest BCUT2D eigenvalue weighted by atomic mass is 35.5. The van der Waals surface area contributed by atoms with Gasteiger partial charge in [-0.05, 0) is 24.3 Å². The summed E-state index contributed by atoms with van der Waals surface area (Å²) >= 11 is 6.55. The Kier molecular flexibility index (Phi) is 11.5. The summed E-state index contributed by atoms with van der Waals surface area (Å²) in [6, 6.07) is 7.56. The van der Waals surface area contributed by atoms with Crippen molar-refractivity contribution in [3.05, 3.63) is 71.0 Å². The van der Waals surface area contributed by atoms with Gasteiger partial charge >= 0.3 is 12.1 Å². The van der Waals surface area contributed by atoms with E-state index in [1.807, 2.05) is 0 Å². The molecule has 3 fully saturated rings. The lowest BCUT2D eigenvalue weighted by Crippen LogP contribution is -2.62. The molecule has 0 unspecified atom stereocenters. The number of hydrogen-bond donors (Lipinski definition) is 4. The van der Waals surface area contributed by atoms with Crippen molar-refractivity contribution in [2.45, 2.75) is 19.0 Å². The number of carboxylic acids is 1. The summed E-state index contributed by atoms with van der Waals surface area (Å²) in [6.07, 6.45) is 0.195. The maximum absolute atomic E-state index is 14.2. The molecule has 20 heteroatoms. The average Bonchev–Trinajstić information content (AvgIpc) is 3.80. The number of rotatable bonds is 11. The summed E-state index contributed by atoms with van der Waals surface area (Å²) in [5.74, 6) is -1.62. The Bertz CT molecular complexity index is 2210. The molecule has 16 nitrogen and oxygen atoms in total. The molecule has 1 aromatic carbocycles. The van der Waals surface area contributed by atoms with Crippen molar-refractivity contribution in [3.8, 4) is 17.1 Å². The van der Waals surface area contributed by atoms with Gasteiger partial charge in [-0.15, -0.1) is 0 Å². The van der Waals surface area contributed by atoms with E-state index < -0.39 is 23.7 Å². The number of nitrogens with zero attached hydrogens (tertiary/aromatic N) is 8. The summed E-state index contributed by atoms with van der Waals surface area (Å²) in [4.78, 5) is 63.7. The number of benzene rings is 1. The van der Waals surface area contributed by atoms with Crippen LogP contribution in [0.15, 0.2) is 48.9 Å². The second-order valence-electron chi connectivity index (χ2n) is 15.1. The highest BCUT2D eigenvalue weighted by Gasteiger charge is 2.42. The van der Waals surface area contributed by atoms with Crippen LogP contribution in [0, 0.1) is 11.8 Å². The summed E-state index contributed by atoms with van der Waals surface area (Å²) in [6.45, 7) is 5.26. The maximum atomic E-state index is 14.2. The quantitative estimate of drug-likeness (QED) is 0.164. The van der Waals surface area contributed by atoms with Crippen LogP contribution in [-0.2, 0) is 22.8 Å². The monoisotopic (exact) mass is 826 g/mol. The van der Waals surface area contributed by atoms with Gasteiger partial charge < -0.3 is 39.9 Å². The summed E-state index contributed by atoms with van der Waals surface area (Å²) in [5, 5.41) is 22.2. The fraction of sp³-hybridized carbons (Fsp3) is 0.447. The molecule has 308 valence electrons. The van der Waals surface area contributed by atoms with Crippen molar-refractivity contribution in [1.29, 1.82) is 0 Å². The van der Waals surface area contributed by atoms with E-state index in [2.05, 4.69) is 31.0 Å². The molecule has 58 heavy (non-hydrogen) atoms. The first kappa shape index (κ1) is 40.7. The van der Waals surface area contributed by atoms with E-state index >= 15 is 0 Å². The van der Waals surface area contributed by atoms with E-state index in [0.717, 1.165) is 30.5 Å². The van der Waals surface area contributed by atoms with Gasteiger partial charge in [0.05, 0.1) is 47.7 Å². The second kappa shape index (κ2) is 16.4. The zero-order chi connectivity index (χ0) is 41.4. The number of aliphatic carboxylic acids is 1. The van der Waals surface area contributed by atoms with Gasteiger partial charge in [-0.2, -0.15) is 18.3 Å². The molecule has 3 amide bonds. The Morgan fingerprint density at radius 1 is 1.00 bits per heavy atom. The molecule has 0 saturated carbocycles. The van der Waals surface area contributed by atoms with Crippen molar-refractivity contribution in [3.63, 3.8) is 0 Å². The minimum absolute atomic E-state index is 0.0119. The topological polar surface area (TPSA) is 180 Å². The number of carboxylic acid groups (broad SMARTS) is 1. The molecule has 0 radical (unpaired) electrons. The molecule has 4 N–H and O–H groups in total. The van der Waals surface area contributed by atoms with Crippen LogP contribution in [0.3, 0.4) is 0 Å². The Labute approximate surface area is 336 Å². The van der Waals surface area contributed by atoms with Crippen molar-refractivity contribution < 1.29 is 41.9 Å². The Morgan fingerprint density at radius 2 is 1.71 bits per heavy atom. The molecule has 0 spiro atoms. The number of hydrogen-bond acceptors (Lipinski definition) is 9. The smallest absolute Gasteiger partial charge is 0.435 e. The third-order valence-electron chi connectivity index (χ3n) is 11.3. The normalized spacial score (nSPS) is 20.1. The minimum atomic E-state index is -4.82. The van der Waals surface area contributed by atoms with Crippen molar-refractivity contribution >= 4 is 46.7 Å². The molecule has 3 aliphatic heterocycles. The van der Waals surface area contributed by atoms with E-state index in [9.17, 15) is 37.5 Å². The number of imidazole rings is 1. The first-order valence-electron chi connectivity index (χ1n) is 18.9. The van der Waals surface area contributed by atoms with Crippen LogP contribution in [-0.4, -0.2) is 140 Å². The summed E-state index contributed by atoms with van der Waals surface area (Å²) in [7, 11) is 3.07. The lowest BCUT2D eigenvalue weighted by Gasteiger charge is -2.46. The van der Waals surface area contributed by atoms with Gasteiger partial charge in [0.15, 0.2) is 23.9 Å². The van der Waals surface area contributed by atoms with E-state index in [0.29, 0.717) is 68.2 Å². The number of quaternary nitrogens is 1. The Morgan fingerprint density at radius 3 is 2.33 bits per heavy atom. The maximum Gasteiger partial charge on any atom is 0.435 e. The predicted octanol–water partition coefficient (Wildman–Crippen LogP) is 3.45. The first-order valence-corrected chi connectivity index (χ1v) is 19.3. The number of alkyl halides is 3. The Balaban J connectivity index is 0.959. The number of amides is 3. The molecule has 3 aromatic heterocycles. The van der Waals surface area contributed by atoms with Crippen molar-refractivity contribution in [2.24, 2.45) is 18.9 Å². The number of aromatic nitrogens is 5. The van der Waals surface area contributed by atoms with Crippen LogP contribution in [0.5, 0.6) is 0 Å². The molecule has 0 aliphatic carbocycles. The van der Waals surface area contributed by atoms with Gasteiger partial charge in [0.2, 0.25) is 5.91 Å². The third kappa shape index (κ3) is 8.51. The number of piperazine rings is 1. The zero-order valence-electron chi connectivity index (χ0n) is 31.9. The average molecular weight is 827 g/mol. The first-order chi connectivity index (χ1) is 27.6. The number of anilines is 2. The number of nitrogens with one attached hydrogen (secondary N) is 3. The number of halogens is 4. The molecular weight excluding hydrogens is 783 g/mol. The number of likely N-dealkylation sites (tertiary alicyclic amines) is 1. The molecule has 0 atom stereocenters. The number of piperidine rings is 1. The Hall–Kier alpha value is -5.53. The van der Waals surface area contributed by atoms with Crippen LogP contribution in [0.2, 0.25) is 5.02 Å².